The lowest BCUT2D eigenvalue weighted by atomic mass is 10.1. The zero-order chi connectivity index (χ0) is 35.2. The lowest BCUT2D eigenvalue weighted by Gasteiger charge is -2.30. The van der Waals surface area contributed by atoms with Crippen LogP contribution in [0.3, 0.4) is 0 Å². The molecule has 0 unspecified atom stereocenters. The largest absolute Gasteiger partial charge is 0.416 e. The van der Waals surface area contributed by atoms with E-state index >= 15 is 0 Å². The number of benzene rings is 1. The molecule has 12 heteroatoms. The summed E-state index contributed by atoms with van der Waals surface area (Å²) in [6, 6.07) is 6.28. The van der Waals surface area contributed by atoms with E-state index in [0.29, 0.717) is 41.1 Å². The number of nitrogens with zero attached hydrogens (tertiary/aromatic N) is 7. The Hall–Kier alpha value is -4.22. The predicted molar refractivity (Wildman–Crippen MR) is 186 cm³/mol. The highest BCUT2D eigenvalue weighted by atomic mass is 19.4. The highest BCUT2D eigenvalue weighted by Gasteiger charge is 2.33. The number of carbonyl (C=O) groups is 1. The average molecular weight is 677 g/mol. The van der Waals surface area contributed by atoms with Crippen molar-refractivity contribution in [3.63, 3.8) is 0 Å². The van der Waals surface area contributed by atoms with Crippen molar-refractivity contribution in [3.05, 3.63) is 64.6 Å². The lowest BCUT2D eigenvalue weighted by molar-refractivity contribution is -0.137. The minimum absolute atomic E-state index is 0.130. The van der Waals surface area contributed by atoms with Crippen molar-refractivity contribution in [3.8, 4) is 0 Å². The highest BCUT2D eigenvalue weighted by molar-refractivity contribution is 5.91. The lowest BCUT2D eigenvalue weighted by Crippen LogP contribution is -2.32. The van der Waals surface area contributed by atoms with Gasteiger partial charge < -0.3 is 15.1 Å². The van der Waals surface area contributed by atoms with Crippen LogP contribution in [0.5, 0.6) is 0 Å². The molecule has 0 radical (unpaired) electrons. The van der Waals surface area contributed by atoms with Crippen LogP contribution in [-0.4, -0.2) is 43.7 Å². The van der Waals surface area contributed by atoms with Crippen LogP contribution in [0.15, 0.2) is 36.7 Å². The van der Waals surface area contributed by atoms with Crippen molar-refractivity contribution >= 4 is 34.4 Å². The summed E-state index contributed by atoms with van der Waals surface area (Å²) in [5.74, 6) is 2.08. The summed E-state index contributed by atoms with van der Waals surface area (Å²) in [4.78, 5) is 31.2. The van der Waals surface area contributed by atoms with Crippen molar-refractivity contribution in [2.75, 3.05) is 28.2 Å². The molecule has 0 aliphatic heterocycles. The van der Waals surface area contributed by atoms with E-state index in [9.17, 15) is 18.0 Å². The molecule has 3 heterocycles. The van der Waals surface area contributed by atoms with E-state index in [1.54, 1.807) is 39.2 Å². The summed E-state index contributed by atoms with van der Waals surface area (Å²) in [6.45, 7) is 15.9. The summed E-state index contributed by atoms with van der Waals surface area (Å²) < 4.78 is 43.7. The Morgan fingerprint density at radius 3 is 2.12 bits per heavy atom. The summed E-state index contributed by atoms with van der Waals surface area (Å²) >= 11 is 0. The van der Waals surface area contributed by atoms with E-state index in [-0.39, 0.29) is 23.9 Å². The van der Waals surface area contributed by atoms with E-state index in [1.165, 1.54) is 31.7 Å². The van der Waals surface area contributed by atoms with Crippen LogP contribution in [0.1, 0.15) is 88.2 Å². The quantitative estimate of drug-likeness (QED) is 0.162. The molecule has 0 atom stereocenters. The molecule has 0 saturated heterocycles. The molecule has 1 amide bonds. The predicted octanol–water partition coefficient (Wildman–Crippen LogP) is 8.04. The van der Waals surface area contributed by atoms with Gasteiger partial charge in [-0.05, 0) is 95.9 Å². The molecule has 9 nitrogen and oxygen atoms in total. The van der Waals surface area contributed by atoms with Gasteiger partial charge in [0.25, 0.3) is 0 Å². The molecule has 2 fully saturated rings. The van der Waals surface area contributed by atoms with E-state index < -0.39 is 11.7 Å². The first-order valence-corrected chi connectivity index (χ1v) is 17.3. The average Bonchev–Trinajstić information content (AvgIpc) is 3.96. The zero-order valence-corrected chi connectivity index (χ0v) is 29.5. The van der Waals surface area contributed by atoms with E-state index in [4.69, 9.17) is 10.1 Å². The van der Waals surface area contributed by atoms with Crippen LogP contribution in [0, 0.1) is 31.6 Å². The molecule has 1 N–H and O–H groups in total. The van der Waals surface area contributed by atoms with E-state index in [1.807, 2.05) is 16.5 Å². The van der Waals surface area contributed by atoms with Gasteiger partial charge in [-0.25, -0.2) is 19.6 Å². The van der Waals surface area contributed by atoms with Gasteiger partial charge in [0, 0.05) is 43.0 Å². The second kappa shape index (κ2) is 13.2. The fourth-order valence-electron chi connectivity index (χ4n) is 6.12. The third-order valence-corrected chi connectivity index (χ3v) is 9.10. The van der Waals surface area contributed by atoms with Crippen LogP contribution in [0.25, 0.3) is 11.0 Å². The monoisotopic (exact) mass is 676 g/mol. The van der Waals surface area contributed by atoms with E-state index in [0.717, 1.165) is 47.3 Å². The molecule has 2 saturated carbocycles. The number of halogens is 3. The normalized spacial score (nSPS) is 15.2. The molecule has 0 spiro atoms. The van der Waals surface area contributed by atoms with Crippen molar-refractivity contribution in [1.29, 1.82) is 0 Å². The summed E-state index contributed by atoms with van der Waals surface area (Å²) in [5.41, 5.74) is 3.11. The SMILES string of the molecule is Cc1cc(CN(Cc2cc3c(C)nn(C(C)(C)C)c3nc2N(CC2CC2)CC2CC2)c2ncc(NC(=O)C(C)C)cn2)cc(C(F)(F)F)c1. The van der Waals surface area contributed by atoms with Gasteiger partial charge in [-0.3, -0.25) is 4.79 Å². The second-order valence-corrected chi connectivity index (χ2v) is 15.3. The van der Waals surface area contributed by atoms with Gasteiger partial charge in [0.05, 0.1) is 34.9 Å². The van der Waals surface area contributed by atoms with Gasteiger partial charge in [-0.2, -0.15) is 18.3 Å². The number of amides is 1. The first-order chi connectivity index (χ1) is 23.0. The Kier molecular flexibility index (Phi) is 9.36. The van der Waals surface area contributed by atoms with Crippen molar-refractivity contribution in [2.24, 2.45) is 17.8 Å². The van der Waals surface area contributed by atoms with Gasteiger partial charge in [0.1, 0.15) is 5.82 Å². The smallest absolute Gasteiger partial charge is 0.356 e. The summed E-state index contributed by atoms with van der Waals surface area (Å²) in [5, 5.41) is 8.66. The van der Waals surface area contributed by atoms with Crippen molar-refractivity contribution in [2.45, 2.75) is 99.0 Å². The zero-order valence-electron chi connectivity index (χ0n) is 29.5. The molecule has 4 aromatic rings. The number of hydrogen-bond acceptors (Lipinski definition) is 7. The Labute approximate surface area is 286 Å². The fraction of sp³-hybridized carbons (Fsp3) is 0.541. The van der Waals surface area contributed by atoms with E-state index in [2.05, 4.69) is 47.0 Å². The topological polar surface area (TPSA) is 92.1 Å². The summed E-state index contributed by atoms with van der Waals surface area (Å²) in [6.07, 6.45) is 3.41. The number of aromatic nitrogens is 5. The molecular weight excluding hydrogens is 629 g/mol. The highest BCUT2D eigenvalue weighted by Crippen LogP contribution is 2.38. The first-order valence-electron chi connectivity index (χ1n) is 17.3. The van der Waals surface area contributed by atoms with Crippen LogP contribution in [0.4, 0.5) is 30.6 Å². The number of anilines is 3. The van der Waals surface area contributed by atoms with Crippen LogP contribution in [-0.2, 0) is 29.6 Å². The van der Waals surface area contributed by atoms with Crippen molar-refractivity contribution in [1.82, 2.24) is 24.7 Å². The molecule has 49 heavy (non-hydrogen) atoms. The third kappa shape index (κ3) is 8.33. The van der Waals surface area contributed by atoms with Crippen LogP contribution in [0.2, 0.25) is 0 Å². The molecule has 2 aliphatic rings. The van der Waals surface area contributed by atoms with Crippen LogP contribution < -0.4 is 15.1 Å². The van der Waals surface area contributed by atoms with Crippen LogP contribution >= 0.6 is 0 Å². The molecule has 262 valence electrons. The Bertz CT molecular complexity index is 1800. The van der Waals surface area contributed by atoms with Gasteiger partial charge in [-0.1, -0.05) is 25.5 Å². The minimum atomic E-state index is -4.47. The number of pyridine rings is 1. The third-order valence-electron chi connectivity index (χ3n) is 9.10. The maximum atomic E-state index is 13.9. The maximum Gasteiger partial charge on any atom is 0.416 e. The number of fused-ring (bicyclic) bond motifs is 1. The maximum absolute atomic E-state index is 13.9. The van der Waals surface area contributed by atoms with Crippen molar-refractivity contribution < 1.29 is 18.0 Å². The number of nitrogens with one attached hydrogen (secondary N) is 1. The number of hydrogen-bond donors (Lipinski definition) is 1. The molecule has 6 rings (SSSR count). The second-order valence-electron chi connectivity index (χ2n) is 15.3. The molecular formula is C37H47F3N8O. The molecule has 2 aliphatic carbocycles. The fourth-order valence-corrected chi connectivity index (χ4v) is 6.12. The summed E-state index contributed by atoms with van der Waals surface area (Å²) in [7, 11) is 0. The Balaban J connectivity index is 1.45. The van der Waals surface area contributed by atoms with Gasteiger partial charge in [0.15, 0.2) is 5.65 Å². The molecule has 0 bridgehead atoms. The number of alkyl halides is 3. The number of rotatable bonds is 12. The van der Waals surface area contributed by atoms with Gasteiger partial charge in [0.2, 0.25) is 11.9 Å². The van der Waals surface area contributed by atoms with Gasteiger partial charge >= 0.3 is 6.18 Å². The number of carbonyl (C=O) groups excluding carboxylic acids is 1. The first kappa shape index (κ1) is 34.6. The standard InChI is InChI=1S/C37H47F3N8O/c1-22(2)34(49)43-30-16-41-35(42-17-30)47(20-27-12-23(3)13-29(14-27)37(38,39)40)21-28-15-31-24(4)45-48(36(5,6)7)33(31)44-32(28)46(18-25-8-9-25)19-26-10-11-26/h12-17,22,25-26H,8-11,18-21H2,1-7H3,(H,43,49). The molecule has 3 aromatic heterocycles. The molecule has 1 aromatic carbocycles. The number of aryl methyl sites for hydroxylation is 2. The Morgan fingerprint density at radius 2 is 1.57 bits per heavy atom. The minimum Gasteiger partial charge on any atom is -0.356 e. The van der Waals surface area contributed by atoms with Gasteiger partial charge in [-0.15, -0.1) is 0 Å². The Morgan fingerprint density at radius 1 is 0.939 bits per heavy atom.